The van der Waals surface area contributed by atoms with Crippen molar-refractivity contribution < 1.29 is 0 Å². The molecule has 0 aliphatic carbocycles. The van der Waals surface area contributed by atoms with Gasteiger partial charge >= 0.3 is 0 Å². The molecular weight excluding hydrogens is 232 g/mol. The van der Waals surface area contributed by atoms with Crippen LogP contribution >= 0.6 is 27.7 Å². The van der Waals surface area contributed by atoms with Crippen LogP contribution in [0.3, 0.4) is 0 Å². The SMILES string of the molecule is C.CSCCc1cccc(Br)c1. The van der Waals surface area contributed by atoms with Crippen LogP contribution in [0.25, 0.3) is 0 Å². The van der Waals surface area contributed by atoms with Crippen molar-refractivity contribution in [1.82, 2.24) is 0 Å². The third-order valence-corrected chi connectivity index (χ3v) is 2.59. The van der Waals surface area contributed by atoms with Gasteiger partial charge in [0.25, 0.3) is 0 Å². The lowest BCUT2D eigenvalue weighted by atomic mass is 10.2. The molecule has 1 aromatic carbocycles. The molecule has 0 bridgehead atoms. The van der Waals surface area contributed by atoms with Crippen LogP contribution in [-0.2, 0) is 6.42 Å². The van der Waals surface area contributed by atoms with E-state index in [2.05, 4.69) is 46.5 Å². The molecule has 0 unspecified atom stereocenters. The number of thioether (sulfide) groups is 1. The van der Waals surface area contributed by atoms with E-state index in [1.807, 2.05) is 11.8 Å². The summed E-state index contributed by atoms with van der Waals surface area (Å²) in [7, 11) is 0. The Balaban J connectivity index is 0.00000121. The van der Waals surface area contributed by atoms with E-state index < -0.39 is 0 Å². The molecule has 1 rings (SSSR count). The van der Waals surface area contributed by atoms with Crippen LogP contribution in [0.1, 0.15) is 13.0 Å². The molecule has 2 heteroatoms. The average molecular weight is 247 g/mol. The maximum Gasteiger partial charge on any atom is 0.0178 e. The summed E-state index contributed by atoms with van der Waals surface area (Å²) in [6.07, 6.45) is 3.30. The molecule has 0 N–H and O–H groups in total. The second kappa shape index (κ2) is 6.55. The Labute approximate surface area is 87.9 Å². The van der Waals surface area contributed by atoms with Crippen molar-refractivity contribution in [2.75, 3.05) is 12.0 Å². The van der Waals surface area contributed by atoms with Gasteiger partial charge in [0.1, 0.15) is 0 Å². The lowest BCUT2D eigenvalue weighted by Gasteiger charge is -1.98. The van der Waals surface area contributed by atoms with E-state index in [1.54, 1.807) is 0 Å². The van der Waals surface area contributed by atoms with E-state index in [9.17, 15) is 0 Å². The summed E-state index contributed by atoms with van der Waals surface area (Å²) >= 11 is 5.33. The zero-order valence-corrected chi connectivity index (χ0v) is 8.91. The summed E-state index contributed by atoms with van der Waals surface area (Å²) in [5.41, 5.74) is 1.41. The second-order valence-corrected chi connectivity index (χ2v) is 4.27. The highest BCUT2D eigenvalue weighted by Crippen LogP contribution is 2.12. The Morgan fingerprint density at radius 2 is 2.17 bits per heavy atom. The van der Waals surface area contributed by atoms with Crippen molar-refractivity contribution in [2.45, 2.75) is 13.8 Å². The van der Waals surface area contributed by atoms with E-state index >= 15 is 0 Å². The fourth-order valence-corrected chi connectivity index (χ4v) is 1.80. The summed E-state index contributed by atoms with van der Waals surface area (Å²) in [5, 5.41) is 0. The molecule has 1 aromatic rings. The molecule has 0 atom stereocenters. The van der Waals surface area contributed by atoms with E-state index in [1.165, 1.54) is 22.2 Å². The lowest BCUT2D eigenvalue weighted by Crippen LogP contribution is -1.86. The number of halogens is 1. The normalized spacial score (nSPS) is 9.17. The predicted octanol–water partition coefficient (Wildman–Crippen LogP) is 3.99. The van der Waals surface area contributed by atoms with Crippen LogP contribution in [0.5, 0.6) is 0 Å². The van der Waals surface area contributed by atoms with Crippen molar-refractivity contribution in [3.05, 3.63) is 34.3 Å². The molecule has 0 aromatic heterocycles. The molecular formula is C10H15BrS. The molecule has 0 spiro atoms. The van der Waals surface area contributed by atoms with Crippen LogP contribution in [0.4, 0.5) is 0 Å². The quantitative estimate of drug-likeness (QED) is 0.778. The zero-order valence-electron chi connectivity index (χ0n) is 6.51. The van der Waals surface area contributed by atoms with Gasteiger partial charge in [0, 0.05) is 4.47 Å². The third kappa shape index (κ3) is 4.17. The highest BCUT2D eigenvalue weighted by molar-refractivity contribution is 9.10. The van der Waals surface area contributed by atoms with Gasteiger partial charge in [-0.15, -0.1) is 0 Å². The Morgan fingerprint density at radius 1 is 1.42 bits per heavy atom. The summed E-state index contributed by atoms with van der Waals surface area (Å²) in [6, 6.07) is 8.49. The summed E-state index contributed by atoms with van der Waals surface area (Å²) in [5.74, 6) is 1.20. The van der Waals surface area contributed by atoms with Crippen LogP contribution < -0.4 is 0 Å². The number of benzene rings is 1. The number of hydrogen-bond donors (Lipinski definition) is 0. The van der Waals surface area contributed by atoms with Crippen LogP contribution in [0.2, 0.25) is 0 Å². The topological polar surface area (TPSA) is 0 Å². The number of rotatable bonds is 3. The molecule has 0 nitrogen and oxygen atoms in total. The van der Waals surface area contributed by atoms with Gasteiger partial charge in [0.05, 0.1) is 0 Å². The first kappa shape index (κ1) is 12.0. The fraction of sp³-hybridized carbons (Fsp3) is 0.400. The predicted molar refractivity (Wildman–Crippen MR) is 63.0 cm³/mol. The maximum atomic E-state index is 3.45. The fourth-order valence-electron chi connectivity index (χ4n) is 0.912. The molecule has 0 aliphatic rings. The molecule has 0 fully saturated rings. The Kier molecular flexibility index (Phi) is 6.58. The van der Waals surface area contributed by atoms with E-state index in [4.69, 9.17) is 0 Å². The third-order valence-electron chi connectivity index (χ3n) is 1.48. The van der Waals surface area contributed by atoms with Gasteiger partial charge in [-0.25, -0.2) is 0 Å². The zero-order chi connectivity index (χ0) is 8.10. The van der Waals surface area contributed by atoms with Crippen molar-refractivity contribution >= 4 is 27.7 Å². The minimum absolute atomic E-state index is 0. The minimum Gasteiger partial charge on any atom is -0.165 e. The average Bonchev–Trinajstić information content (AvgIpc) is 2.01. The lowest BCUT2D eigenvalue weighted by molar-refractivity contribution is 1.16. The Bertz CT molecular complexity index is 223. The Morgan fingerprint density at radius 3 is 2.75 bits per heavy atom. The summed E-state index contributed by atoms with van der Waals surface area (Å²) in [4.78, 5) is 0. The summed E-state index contributed by atoms with van der Waals surface area (Å²) in [6.45, 7) is 0. The van der Waals surface area contributed by atoms with Gasteiger partial charge in [-0.1, -0.05) is 35.5 Å². The molecule has 0 heterocycles. The molecule has 0 radical (unpaired) electrons. The standard InChI is InChI=1S/C9H11BrS.CH4/c1-11-6-5-8-3-2-4-9(10)7-8;/h2-4,7H,5-6H2,1H3;1H4. The second-order valence-electron chi connectivity index (χ2n) is 2.37. The first-order valence-corrected chi connectivity index (χ1v) is 5.75. The molecule has 12 heavy (non-hydrogen) atoms. The van der Waals surface area contributed by atoms with Gasteiger partial charge in [0.2, 0.25) is 0 Å². The van der Waals surface area contributed by atoms with Gasteiger partial charge in [0.15, 0.2) is 0 Å². The molecule has 0 aliphatic heterocycles. The van der Waals surface area contributed by atoms with Crippen LogP contribution in [0.15, 0.2) is 28.7 Å². The van der Waals surface area contributed by atoms with Crippen molar-refractivity contribution in [3.63, 3.8) is 0 Å². The molecule has 68 valence electrons. The summed E-state index contributed by atoms with van der Waals surface area (Å²) < 4.78 is 1.18. The van der Waals surface area contributed by atoms with Gasteiger partial charge in [-0.05, 0) is 36.1 Å². The van der Waals surface area contributed by atoms with Crippen LogP contribution in [0, 0.1) is 0 Å². The molecule has 0 saturated heterocycles. The van der Waals surface area contributed by atoms with Gasteiger partial charge in [-0.3, -0.25) is 0 Å². The van der Waals surface area contributed by atoms with Gasteiger partial charge < -0.3 is 0 Å². The molecule has 0 saturated carbocycles. The largest absolute Gasteiger partial charge is 0.165 e. The smallest absolute Gasteiger partial charge is 0.0178 e. The highest BCUT2D eigenvalue weighted by atomic mass is 79.9. The molecule has 0 amide bonds. The van der Waals surface area contributed by atoms with Crippen molar-refractivity contribution in [1.29, 1.82) is 0 Å². The van der Waals surface area contributed by atoms with Crippen LogP contribution in [-0.4, -0.2) is 12.0 Å². The van der Waals surface area contributed by atoms with Crippen molar-refractivity contribution in [2.24, 2.45) is 0 Å². The monoisotopic (exact) mass is 246 g/mol. The maximum absolute atomic E-state index is 3.45. The first-order chi connectivity index (χ1) is 5.33. The highest BCUT2D eigenvalue weighted by Gasteiger charge is 1.91. The van der Waals surface area contributed by atoms with Crippen molar-refractivity contribution in [3.8, 4) is 0 Å². The number of aryl methyl sites for hydroxylation is 1. The van der Waals surface area contributed by atoms with E-state index in [0.29, 0.717) is 0 Å². The van der Waals surface area contributed by atoms with E-state index in [-0.39, 0.29) is 7.43 Å². The Hall–Kier alpha value is 0.0500. The number of hydrogen-bond acceptors (Lipinski definition) is 1. The minimum atomic E-state index is 0. The van der Waals surface area contributed by atoms with E-state index in [0.717, 1.165) is 0 Å². The van der Waals surface area contributed by atoms with Gasteiger partial charge in [-0.2, -0.15) is 11.8 Å². The first-order valence-electron chi connectivity index (χ1n) is 3.56.